The number of carbonyl (C=O) groups excluding carboxylic acids is 2. The number of quaternary nitrogens is 1. The van der Waals surface area contributed by atoms with Crippen molar-refractivity contribution in [3.8, 4) is 0 Å². The predicted octanol–water partition coefficient (Wildman–Crippen LogP) is 21.5. The minimum Gasteiger partial charge on any atom is -0.462 e. The van der Waals surface area contributed by atoms with Crippen LogP contribution in [0.3, 0.4) is 0 Å². The van der Waals surface area contributed by atoms with Crippen LogP contribution in [0, 0.1) is 0 Å². The van der Waals surface area contributed by atoms with Crippen molar-refractivity contribution in [3.63, 3.8) is 0 Å². The van der Waals surface area contributed by atoms with Crippen LogP contribution in [0.15, 0.2) is 122 Å². The molecule has 0 aromatic carbocycles. The molecule has 0 aliphatic heterocycles. The summed E-state index contributed by atoms with van der Waals surface area (Å²) in [6.45, 7) is 4.30. The lowest BCUT2D eigenvalue weighted by molar-refractivity contribution is -0.870. The van der Waals surface area contributed by atoms with E-state index in [1.165, 1.54) is 122 Å². The largest absolute Gasteiger partial charge is 0.472 e. The highest BCUT2D eigenvalue weighted by Crippen LogP contribution is 2.43. The Morgan fingerprint density at radius 3 is 1.04 bits per heavy atom. The van der Waals surface area contributed by atoms with E-state index in [9.17, 15) is 19.0 Å². The van der Waals surface area contributed by atoms with Gasteiger partial charge < -0.3 is 18.9 Å². The van der Waals surface area contributed by atoms with Gasteiger partial charge in [-0.05, 0) is 109 Å². The molecule has 9 nitrogen and oxygen atoms in total. The van der Waals surface area contributed by atoms with Gasteiger partial charge in [-0.3, -0.25) is 18.6 Å². The molecule has 0 aromatic heterocycles. The van der Waals surface area contributed by atoms with E-state index in [1.807, 2.05) is 21.1 Å². The third-order valence-electron chi connectivity index (χ3n) is 14.0. The minimum atomic E-state index is -4.40. The van der Waals surface area contributed by atoms with Gasteiger partial charge in [-0.2, -0.15) is 0 Å². The van der Waals surface area contributed by atoms with E-state index in [0.717, 1.165) is 116 Å². The molecular formula is C72H125NO8P+. The zero-order valence-corrected chi connectivity index (χ0v) is 54.3. The van der Waals surface area contributed by atoms with Crippen LogP contribution in [0.4, 0.5) is 0 Å². The SMILES string of the molecule is CC/C=C\C/C=C\C/C=C\C/C=C\C/C=C\C/C=C\C/C=C\C/C=C\CCCCCCCCC(=O)OC(COC(=O)CCCCCCCCCCCCCCCCC/C=C\C/C=C\CCCCCCC)COP(=O)(O)OCC[N+](C)(C)C. The summed E-state index contributed by atoms with van der Waals surface area (Å²) in [7, 11) is 1.46. The van der Waals surface area contributed by atoms with Crippen molar-refractivity contribution < 1.29 is 42.1 Å². The van der Waals surface area contributed by atoms with Crippen molar-refractivity contribution in [2.24, 2.45) is 0 Å². The van der Waals surface area contributed by atoms with Crippen molar-refractivity contribution >= 4 is 19.8 Å². The van der Waals surface area contributed by atoms with Crippen molar-refractivity contribution in [1.82, 2.24) is 0 Å². The van der Waals surface area contributed by atoms with Crippen LogP contribution in [0.2, 0.25) is 0 Å². The Morgan fingerprint density at radius 1 is 0.390 bits per heavy atom. The second-order valence-corrected chi connectivity index (χ2v) is 24.6. The molecule has 0 aliphatic rings. The Labute approximate surface area is 505 Å². The molecule has 0 bridgehead atoms. The zero-order chi connectivity index (χ0) is 59.8. The fourth-order valence-corrected chi connectivity index (χ4v) is 9.63. The molecule has 0 amide bonds. The highest BCUT2D eigenvalue weighted by Gasteiger charge is 2.27. The first-order chi connectivity index (χ1) is 40.0. The van der Waals surface area contributed by atoms with Crippen LogP contribution in [0.1, 0.15) is 271 Å². The first kappa shape index (κ1) is 78.4. The van der Waals surface area contributed by atoms with Crippen molar-refractivity contribution in [2.45, 2.75) is 277 Å². The first-order valence-corrected chi connectivity index (χ1v) is 34.8. The van der Waals surface area contributed by atoms with Crippen LogP contribution in [-0.2, 0) is 32.7 Å². The summed E-state index contributed by atoms with van der Waals surface area (Å²) in [5.74, 6) is -0.815. The van der Waals surface area contributed by atoms with Crippen molar-refractivity contribution in [2.75, 3.05) is 47.5 Å². The molecule has 0 radical (unpaired) electrons. The zero-order valence-electron chi connectivity index (χ0n) is 53.4. The van der Waals surface area contributed by atoms with E-state index in [4.69, 9.17) is 18.5 Å². The Bertz CT molecular complexity index is 1800. The summed E-state index contributed by atoms with van der Waals surface area (Å²) >= 11 is 0. The quantitative estimate of drug-likeness (QED) is 0.0211. The molecule has 2 atom stereocenters. The molecule has 0 rings (SSSR count). The minimum absolute atomic E-state index is 0.0229. The molecule has 82 heavy (non-hydrogen) atoms. The molecule has 0 spiro atoms. The number of likely N-dealkylation sites (N-methyl/N-ethyl adjacent to an activating group) is 1. The summed E-state index contributed by atoms with van der Waals surface area (Å²) in [6, 6.07) is 0. The van der Waals surface area contributed by atoms with Crippen LogP contribution in [-0.4, -0.2) is 74.9 Å². The molecule has 1 N–H and O–H groups in total. The Morgan fingerprint density at radius 2 is 0.695 bits per heavy atom. The average Bonchev–Trinajstić information content (AvgIpc) is 3.46. The smallest absolute Gasteiger partial charge is 0.462 e. The van der Waals surface area contributed by atoms with Gasteiger partial charge in [0.2, 0.25) is 0 Å². The number of ether oxygens (including phenoxy) is 2. The number of phosphoric acid groups is 1. The van der Waals surface area contributed by atoms with Gasteiger partial charge in [0.05, 0.1) is 27.7 Å². The number of phosphoric ester groups is 1. The highest BCUT2D eigenvalue weighted by molar-refractivity contribution is 7.47. The van der Waals surface area contributed by atoms with Gasteiger partial charge in [0.25, 0.3) is 0 Å². The summed E-state index contributed by atoms with van der Waals surface area (Å²) in [5.41, 5.74) is 0. The molecule has 0 saturated heterocycles. The number of unbranched alkanes of at least 4 members (excludes halogenated alkanes) is 26. The lowest BCUT2D eigenvalue weighted by Crippen LogP contribution is -2.37. The van der Waals surface area contributed by atoms with Gasteiger partial charge in [-0.1, -0.05) is 270 Å². The second-order valence-electron chi connectivity index (χ2n) is 23.1. The van der Waals surface area contributed by atoms with Crippen LogP contribution >= 0.6 is 7.82 Å². The standard InChI is InChI=1S/C72H124NO8P/c1-6-8-10-12-14-16-18-20-22-24-26-28-30-32-34-35-36-37-39-41-43-45-47-49-51-53-55-57-59-61-63-65-72(75)81-70(69-80-82(76,77)79-67-66-73(3,4)5)68-78-71(74)64-62-60-58-56-54-52-50-48-46-44-42-40-38-33-31-29-27-25-23-21-19-17-15-13-11-9-7-2/h8,10,14,16,19-22,25-28,32,34,36-37,41,43,47,49,70H,6-7,9,11-13,15,17-18,23-24,29-31,33,35,38-40,42,44-46,48,50-69H2,1-5H3/p+1/b10-8-,16-14-,21-19-,22-20-,27-25-,28-26-,34-32-,37-36-,43-41-,49-47-. The van der Waals surface area contributed by atoms with Crippen molar-refractivity contribution in [1.29, 1.82) is 0 Å². The third kappa shape index (κ3) is 65.6. The fraction of sp³-hybridized carbons (Fsp3) is 0.694. The molecule has 0 aromatic rings. The van der Waals surface area contributed by atoms with Gasteiger partial charge in [-0.15, -0.1) is 0 Å². The van der Waals surface area contributed by atoms with E-state index in [-0.39, 0.29) is 32.0 Å². The van der Waals surface area contributed by atoms with Gasteiger partial charge in [0.15, 0.2) is 6.10 Å². The van der Waals surface area contributed by atoms with Crippen molar-refractivity contribution in [3.05, 3.63) is 122 Å². The van der Waals surface area contributed by atoms with Gasteiger partial charge in [0.1, 0.15) is 19.8 Å². The number of carbonyl (C=O) groups is 2. The predicted molar refractivity (Wildman–Crippen MR) is 353 cm³/mol. The van der Waals surface area contributed by atoms with E-state index in [1.54, 1.807) is 0 Å². The maximum atomic E-state index is 12.9. The lowest BCUT2D eigenvalue weighted by Gasteiger charge is -2.24. The first-order valence-electron chi connectivity index (χ1n) is 33.3. The number of allylic oxidation sites excluding steroid dienone is 20. The number of hydrogen-bond acceptors (Lipinski definition) is 7. The number of nitrogens with zero attached hydrogens (tertiary/aromatic N) is 1. The monoisotopic (exact) mass is 1160 g/mol. The Balaban J connectivity index is 4.16. The van der Waals surface area contributed by atoms with E-state index >= 15 is 0 Å². The normalized spacial score (nSPS) is 14.0. The average molecular weight is 1160 g/mol. The summed E-state index contributed by atoms with van der Waals surface area (Å²) < 4.78 is 34.7. The summed E-state index contributed by atoms with van der Waals surface area (Å²) in [6.07, 6.45) is 88.5. The molecule has 0 saturated carbocycles. The van der Waals surface area contributed by atoms with Gasteiger partial charge in [-0.25, -0.2) is 4.57 Å². The van der Waals surface area contributed by atoms with Gasteiger partial charge in [0, 0.05) is 12.8 Å². The molecule has 10 heteroatoms. The fourth-order valence-electron chi connectivity index (χ4n) is 8.89. The summed E-state index contributed by atoms with van der Waals surface area (Å²) in [5, 5.41) is 0. The van der Waals surface area contributed by atoms with Crippen LogP contribution < -0.4 is 0 Å². The van der Waals surface area contributed by atoms with Gasteiger partial charge >= 0.3 is 19.8 Å². The summed E-state index contributed by atoms with van der Waals surface area (Å²) in [4.78, 5) is 35.8. The Kier molecular flexibility index (Phi) is 59.2. The molecular weight excluding hydrogens is 1040 g/mol. The maximum absolute atomic E-state index is 12.9. The molecule has 0 heterocycles. The van der Waals surface area contributed by atoms with E-state index in [0.29, 0.717) is 17.4 Å². The topological polar surface area (TPSA) is 108 Å². The third-order valence-corrected chi connectivity index (χ3v) is 15.0. The number of hydrogen-bond donors (Lipinski definition) is 1. The molecule has 470 valence electrons. The van der Waals surface area contributed by atoms with E-state index in [2.05, 4.69) is 135 Å². The lowest BCUT2D eigenvalue weighted by atomic mass is 10.0. The maximum Gasteiger partial charge on any atom is 0.472 e. The highest BCUT2D eigenvalue weighted by atomic mass is 31.2. The molecule has 0 fully saturated rings. The number of esters is 2. The molecule has 2 unspecified atom stereocenters. The second kappa shape index (κ2) is 62.0. The molecule has 0 aliphatic carbocycles. The number of rotatable bonds is 60. The Hall–Kier alpha value is -3.59. The van der Waals surface area contributed by atoms with Crippen LogP contribution in [0.5, 0.6) is 0 Å². The van der Waals surface area contributed by atoms with Crippen LogP contribution in [0.25, 0.3) is 0 Å². The van der Waals surface area contributed by atoms with E-state index < -0.39 is 26.5 Å².